The van der Waals surface area contributed by atoms with E-state index >= 15 is 0 Å². The Morgan fingerprint density at radius 3 is 2.69 bits per heavy atom. The van der Waals surface area contributed by atoms with Crippen LogP contribution < -0.4 is 5.32 Å². The smallest absolute Gasteiger partial charge is 0.237 e. The van der Waals surface area contributed by atoms with Crippen molar-refractivity contribution in [1.29, 1.82) is 0 Å². The molecule has 134 valence electrons. The third kappa shape index (κ3) is 4.42. The fourth-order valence-electron chi connectivity index (χ4n) is 2.18. The number of benzene rings is 2. The molecule has 3 aromatic rings. The molecule has 1 amide bonds. The number of carbonyl (C=O) groups excluding carboxylic acids is 1. The molecule has 0 saturated heterocycles. The summed E-state index contributed by atoms with van der Waals surface area (Å²) in [6, 6.07) is 11.7. The van der Waals surface area contributed by atoms with Gasteiger partial charge in [-0.3, -0.25) is 9.89 Å². The van der Waals surface area contributed by atoms with Gasteiger partial charge in [0.2, 0.25) is 11.1 Å². The van der Waals surface area contributed by atoms with Crippen molar-refractivity contribution in [2.45, 2.75) is 24.3 Å². The first-order chi connectivity index (χ1) is 12.4. The molecule has 1 heterocycles. The van der Waals surface area contributed by atoms with Gasteiger partial charge in [-0.05, 0) is 32.0 Å². The van der Waals surface area contributed by atoms with E-state index in [4.69, 9.17) is 11.6 Å². The lowest BCUT2D eigenvalue weighted by atomic mass is 10.1. The van der Waals surface area contributed by atoms with E-state index in [0.717, 1.165) is 17.2 Å². The predicted octanol–water partition coefficient (Wildman–Crippen LogP) is 4.69. The predicted molar refractivity (Wildman–Crippen MR) is 102 cm³/mol. The van der Waals surface area contributed by atoms with Crippen LogP contribution in [0.2, 0.25) is 5.02 Å². The van der Waals surface area contributed by atoms with Crippen molar-refractivity contribution in [2.75, 3.05) is 5.32 Å². The van der Waals surface area contributed by atoms with Gasteiger partial charge in [0.1, 0.15) is 5.82 Å². The average molecular weight is 391 g/mol. The van der Waals surface area contributed by atoms with Crippen LogP contribution in [0.15, 0.2) is 47.6 Å². The summed E-state index contributed by atoms with van der Waals surface area (Å²) >= 11 is 7.15. The van der Waals surface area contributed by atoms with Crippen molar-refractivity contribution in [2.24, 2.45) is 0 Å². The Morgan fingerprint density at radius 2 is 2.00 bits per heavy atom. The molecule has 0 aliphatic carbocycles. The summed E-state index contributed by atoms with van der Waals surface area (Å²) < 4.78 is 13.1. The Bertz CT molecular complexity index is 929. The summed E-state index contributed by atoms with van der Waals surface area (Å²) in [6.45, 7) is 3.75. The first kappa shape index (κ1) is 18.4. The normalized spacial score (nSPS) is 12.0. The number of nitrogens with zero attached hydrogens (tertiary/aromatic N) is 2. The molecule has 0 aliphatic heterocycles. The molecule has 26 heavy (non-hydrogen) atoms. The van der Waals surface area contributed by atoms with Crippen molar-refractivity contribution in [3.63, 3.8) is 0 Å². The molecule has 2 aromatic carbocycles. The van der Waals surface area contributed by atoms with Crippen molar-refractivity contribution in [3.05, 3.63) is 58.9 Å². The topological polar surface area (TPSA) is 70.7 Å². The minimum Gasteiger partial charge on any atom is -0.324 e. The SMILES string of the molecule is Cc1ccc(-c2nc(S[C@H](C)C(=O)Nc3ccc(F)cc3Cl)n[nH]2)cc1. The van der Waals surface area contributed by atoms with Gasteiger partial charge >= 0.3 is 0 Å². The summed E-state index contributed by atoms with van der Waals surface area (Å²) in [7, 11) is 0. The number of thioether (sulfide) groups is 1. The number of aromatic amines is 1. The van der Waals surface area contributed by atoms with Crippen LogP contribution in [0.5, 0.6) is 0 Å². The second kappa shape index (κ2) is 7.88. The van der Waals surface area contributed by atoms with E-state index in [9.17, 15) is 9.18 Å². The molecule has 8 heteroatoms. The van der Waals surface area contributed by atoms with Gasteiger partial charge in [0.25, 0.3) is 0 Å². The van der Waals surface area contributed by atoms with Gasteiger partial charge in [0.05, 0.1) is 16.0 Å². The number of H-pyrrole nitrogens is 1. The van der Waals surface area contributed by atoms with Crippen LogP contribution in [-0.4, -0.2) is 26.3 Å². The van der Waals surface area contributed by atoms with Gasteiger partial charge in [0, 0.05) is 5.56 Å². The molecule has 0 spiro atoms. The molecule has 0 saturated carbocycles. The summed E-state index contributed by atoms with van der Waals surface area (Å²) in [5.41, 5.74) is 2.44. The zero-order chi connectivity index (χ0) is 18.7. The second-order valence-corrected chi connectivity index (χ2v) is 7.42. The van der Waals surface area contributed by atoms with Crippen molar-refractivity contribution >= 4 is 35.0 Å². The number of carbonyl (C=O) groups is 1. The standard InChI is InChI=1S/C18H16ClFN4OS/c1-10-3-5-12(6-4-10)16-22-18(24-23-16)26-11(2)17(25)21-15-8-7-13(20)9-14(15)19/h3-9,11H,1-2H3,(H,21,25)(H,22,23,24)/t11-/m1/s1. The number of hydrogen-bond acceptors (Lipinski definition) is 4. The minimum atomic E-state index is -0.460. The molecule has 0 unspecified atom stereocenters. The fraction of sp³-hybridized carbons (Fsp3) is 0.167. The maximum Gasteiger partial charge on any atom is 0.237 e. The third-order valence-corrected chi connectivity index (χ3v) is 4.90. The molecule has 0 fully saturated rings. The van der Waals surface area contributed by atoms with Gasteiger partial charge in [-0.25, -0.2) is 9.37 Å². The summed E-state index contributed by atoms with van der Waals surface area (Å²) in [5, 5.41) is 9.85. The molecular formula is C18H16ClFN4OS. The molecule has 0 radical (unpaired) electrons. The van der Waals surface area contributed by atoms with Crippen LogP contribution in [0.25, 0.3) is 11.4 Å². The average Bonchev–Trinajstić information content (AvgIpc) is 3.06. The molecule has 0 bridgehead atoms. The Kier molecular flexibility index (Phi) is 5.58. The molecule has 3 rings (SSSR count). The molecule has 1 aromatic heterocycles. The highest BCUT2D eigenvalue weighted by molar-refractivity contribution is 8.00. The summed E-state index contributed by atoms with van der Waals surface area (Å²) in [4.78, 5) is 16.7. The van der Waals surface area contributed by atoms with E-state index in [1.165, 1.54) is 23.9 Å². The van der Waals surface area contributed by atoms with Crippen LogP contribution >= 0.6 is 23.4 Å². The van der Waals surface area contributed by atoms with Gasteiger partial charge in [-0.1, -0.05) is 53.2 Å². The Balaban J connectivity index is 1.65. The minimum absolute atomic E-state index is 0.148. The van der Waals surface area contributed by atoms with E-state index in [1.807, 2.05) is 31.2 Å². The van der Waals surface area contributed by atoms with Crippen molar-refractivity contribution in [3.8, 4) is 11.4 Å². The lowest BCUT2D eigenvalue weighted by molar-refractivity contribution is -0.115. The largest absolute Gasteiger partial charge is 0.324 e. The maximum atomic E-state index is 13.1. The number of amides is 1. The number of rotatable bonds is 5. The molecule has 2 N–H and O–H groups in total. The Labute approximate surface area is 159 Å². The van der Waals surface area contributed by atoms with Crippen molar-refractivity contribution < 1.29 is 9.18 Å². The van der Waals surface area contributed by atoms with E-state index < -0.39 is 11.1 Å². The van der Waals surface area contributed by atoms with E-state index in [2.05, 4.69) is 20.5 Å². The molecular weight excluding hydrogens is 375 g/mol. The van der Waals surface area contributed by atoms with E-state index in [1.54, 1.807) is 6.92 Å². The first-order valence-corrected chi connectivity index (χ1v) is 9.10. The summed E-state index contributed by atoms with van der Waals surface area (Å²) in [6.07, 6.45) is 0. The number of anilines is 1. The lowest BCUT2D eigenvalue weighted by Crippen LogP contribution is -2.22. The molecule has 1 atom stereocenters. The number of halogens is 2. The van der Waals surface area contributed by atoms with Crippen LogP contribution in [0.1, 0.15) is 12.5 Å². The van der Waals surface area contributed by atoms with Gasteiger partial charge < -0.3 is 5.32 Å². The van der Waals surface area contributed by atoms with E-state index in [0.29, 0.717) is 16.7 Å². The zero-order valence-corrected chi connectivity index (χ0v) is 15.7. The monoisotopic (exact) mass is 390 g/mol. The quantitative estimate of drug-likeness (QED) is 0.620. The Morgan fingerprint density at radius 1 is 1.27 bits per heavy atom. The molecule has 5 nitrogen and oxygen atoms in total. The third-order valence-electron chi connectivity index (χ3n) is 3.63. The Hall–Kier alpha value is -2.38. The molecule has 0 aliphatic rings. The lowest BCUT2D eigenvalue weighted by Gasteiger charge is -2.11. The van der Waals surface area contributed by atoms with Gasteiger partial charge in [0.15, 0.2) is 5.82 Å². The van der Waals surface area contributed by atoms with Gasteiger partial charge in [-0.15, -0.1) is 5.10 Å². The summed E-state index contributed by atoms with van der Waals surface area (Å²) in [5.74, 6) is -0.0911. The van der Waals surface area contributed by atoms with Crippen LogP contribution in [0.4, 0.5) is 10.1 Å². The maximum absolute atomic E-state index is 13.1. The van der Waals surface area contributed by atoms with E-state index in [-0.39, 0.29) is 10.9 Å². The van der Waals surface area contributed by atoms with Crippen molar-refractivity contribution in [1.82, 2.24) is 15.2 Å². The van der Waals surface area contributed by atoms with Crippen LogP contribution in [-0.2, 0) is 4.79 Å². The van der Waals surface area contributed by atoms with Gasteiger partial charge in [-0.2, -0.15) is 0 Å². The number of hydrogen-bond donors (Lipinski definition) is 2. The fourth-order valence-corrected chi connectivity index (χ4v) is 3.12. The highest BCUT2D eigenvalue weighted by atomic mass is 35.5. The number of nitrogens with one attached hydrogen (secondary N) is 2. The number of aryl methyl sites for hydroxylation is 1. The van der Waals surface area contributed by atoms with Crippen LogP contribution in [0, 0.1) is 12.7 Å². The zero-order valence-electron chi connectivity index (χ0n) is 14.1. The highest BCUT2D eigenvalue weighted by Gasteiger charge is 2.18. The highest BCUT2D eigenvalue weighted by Crippen LogP contribution is 2.26. The second-order valence-electron chi connectivity index (χ2n) is 5.71. The number of aromatic nitrogens is 3. The van der Waals surface area contributed by atoms with Crippen LogP contribution in [0.3, 0.4) is 0 Å². The first-order valence-electron chi connectivity index (χ1n) is 7.84.